The normalized spacial score (nSPS) is 15.2. The molecule has 3 aromatic heterocycles. The maximum absolute atomic E-state index is 12.0. The number of primary amides is 1. The van der Waals surface area contributed by atoms with Crippen molar-refractivity contribution in [2.75, 3.05) is 32.1 Å². The molecule has 0 bridgehead atoms. The highest BCUT2D eigenvalue weighted by Gasteiger charge is 2.30. The molecular formula is C16H18N6O2. The number of hydrogen-bond donors (Lipinski definition) is 1. The number of amides is 1. The van der Waals surface area contributed by atoms with Gasteiger partial charge in [-0.1, -0.05) is 0 Å². The van der Waals surface area contributed by atoms with E-state index in [1.54, 1.807) is 22.8 Å². The van der Waals surface area contributed by atoms with Gasteiger partial charge in [-0.15, -0.1) is 0 Å². The molecule has 8 heteroatoms. The van der Waals surface area contributed by atoms with Gasteiger partial charge in [-0.25, -0.2) is 9.50 Å². The van der Waals surface area contributed by atoms with E-state index in [9.17, 15) is 4.79 Å². The van der Waals surface area contributed by atoms with Crippen molar-refractivity contribution in [3.63, 3.8) is 0 Å². The molecule has 24 heavy (non-hydrogen) atoms. The average Bonchev–Trinajstić information content (AvgIpc) is 3.11. The molecule has 0 aromatic carbocycles. The zero-order valence-electron chi connectivity index (χ0n) is 13.5. The lowest BCUT2D eigenvalue weighted by molar-refractivity contribution is 0.100. The lowest BCUT2D eigenvalue weighted by Crippen LogP contribution is -2.57. The molecule has 1 aliphatic rings. The SMILES string of the molecule is CN(C)C1CN(c2ccn3nc(-c4ccco4)c(C(N)=O)c3n2)C1. The van der Waals surface area contributed by atoms with Crippen molar-refractivity contribution in [2.45, 2.75) is 6.04 Å². The zero-order valence-corrected chi connectivity index (χ0v) is 13.5. The number of furan rings is 1. The van der Waals surface area contributed by atoms with Crippen LogP contribution in [0.15, 0.2) is 35.1 Å². The molecule has 0 aliphatic carbocycles. The van der Waals surface area contributed by atoms with Gasteiger partial charge in [-0.3, -0.25) is 4.79 Å². The first-order valence-corrected chi connectivity index (χ1v) is 7.69. The fourth-order valence-corrected chi connectivity index (χ4v) is 2.88. The maximum Gasteiger partial charge on any atom is 0.254 e. The van der Waals surface area contributed by atoms with Crippen molar-refractivity contribution in [3.8, 4) is 11.5 Å². The summed E-state index contributed by atoms with van der Waals surface area (Å²) in [4.78, 5) is 20.9. The van der Waals surface area contributed by atoms with Gasteiger partial charge in [0.25, 0.3) is 5.91 Å². The Balaban J connectivity index is 1.77. The van der Waals surface area contributed by atoms with Gasteiger partial charge in [-0.2, -0.15) is 5.10 Å². The van der Waals surface area contributed by atoms with Crippen molar-refractivity contribution in [1.82, 2.24) is 19.5 Å². The minimum Gasteiger partial charge on any atom is -0.463 e. The molecule has 1 aliphatic heterocycles. The molecule has 4 rings (SSSR count). The highest BCUT2D eigenvalue weighted by molar-refractivity contribution is 6.04. The summed E-state index contributed by atoms with van der Waals surface area (Å²) in [6.45, 7) is 1.81. The fraction of sp³-hybridized carbons (Fsp3) is 0.312. The quantitative estimate of drug-likeness (QED) is 0.764. The van der Waals surface area contributed by atoms with Crippen LogP contribution in [0.25, 0.3) is 17.1 Å². The number of hydrogen-bond acceptors (Lipinski definition) is 6. The van der Waals surface area contributed by atoms with E-state index in [-0.39, 0.29) is 5.56 Å². The molecule has 124 valence electrons. The molecule has 0 atom stereocenters. The molecule has 4 heterocycles. The summed E-state index contributed by atoms with van der Waals surface area (Å²) in [7, 11) is 4.13. The Morgan fingerprint density at radius 1 is 1.38 bits per heavy atom. The molecule has 0 radical (unpaired) electrons. The molecule has 1 saturated heterocycles. The van der Waals surface area contributed by atoms with Crippen LogP contribution in [0.4, 0.5) is 5.82 Å². The minimum atomic E-state index is -0.573. The van der Waals surface area contributed by atoms with Gasteiger partial charge in [0, 0.05) is 25.3 Å². The molecule has 2 N–H and O–H groups in total. The summed E-state index contributed by atoms with van der Waals surface area (Å²) in [5.41, 5.74) is 6.70. The number of carbonyl (C=O) groups is 1. The van der Waals surface area contributed by atoms with Crippen LogP contribution in [-0.4, -0.2) is 58.6 Å². The first kappa shape index (κ1) is 14.7. The summed E-state index contributed by atoms with van der Waals surface area (Å²) < 4.78 is 6.92. The molecule has 3 aromatic rings. The summed E-state index contributed by atoms with van der Waals surface area (Å²) in [5, 5.41) is 4.40. The highest BCUT2D eigenvalue weighted by atomic mass is 16.3. The Morgan fingerprint density at radius 3 is 2.79 bits per heavy atom. The number of likely N-dealkylation sites (N-methyl/N-ethyl adjacent to an activating group) is 1. The Labute approximate surface area is 138 Å². The number of carbonyl (C=O) groups excluding carboxylic acids is 1. The molecule has 0 unspecified atom stereocenters. The van der Waals surface area contributed by atoms with E-state index in [4.69, 9.17) is 10.2 Å². The third-order valence-corrected chi connectivity index (χ3v) is 4.39. The number of nitrogens with two attached hydrogens (primary N) is 1. The first-order valence-electron chi connectivity index (χ1n) is 7.69. The maximum atomic E-state index is 12.0. The molecule has 8 nitrogen and oxygen atoms in total. The second kappa shape index (κ2) is 5.34. The van der Waals surface area contributed by atoms with Gasteiger partial charge in [0.2, 0.25) is 0 Å². The van der Waals surface area contributed by atoms with Gasteiger partial charge < -0.3 is 20.0 Å². The Kier molecular flexibility index (Phi) is 3.27. The monoisotopic (exact) mass is 326 g/mol. The largest absolute Gasteiger partial charge is 0.463 e. The van der Waals surface area contributed by atoms with E-state index >= 15 is 0 Å². The predicted molar refractivity (Wildman–Crippen MR) is 88.9 cm³/mol. The number of rotatable bonds is 4. The molecule has 1 amide bonds. The van der Waals surface area contributed by atoms with E-state index in [0.717, 1.165) is 18.9 Å². The minimum absolute atomic E-state index is 0.275. The summed E-state index contributed by atoms with van der Waals surface area (Å²) in [6, 6.07) is 5.89. The summed E-state index contributed by atoms with van der Waals surface area (Å²) >= 11 is 0. The van der Waals surface area contributed by atoms with Crippen molar-refractivity contribution >= 4 is 17.4 Å². The van der Waals surface area contributed by atoms with Crippen LogP contribution in [0.2, 0.25) is 0 Å². The van der Waals surface area contributed by atoms with Crippen LogP contribution >= 0.6 is 0 Å². The average molecular weight is 326 g/mol. The number of nitrogens with zero attached hydrogens (tertiary/aromatic N) is 5. The topological polar surface area (TPSA) is 92.9 Å². The van der Waals surface area contributed by atoms with Crippen LogP contribution in [0, 0.1) is 0 Å². The lowest BCUT2D eigenvalue weighted by Gasteiger charge is -2.43. The van der Waals surface area contributed by atoms with E-state index in [1.165, 1.54) is 6.26 Å². The van der Waals surface area contributed by atoms with Crippen LogP contribution in [0.3, 0.4) is 0 Å². The van der Waals surface area contributed by atoms with Crippen LogP contribution < -0.4 is 10.6 Å². The number of anilines is 1. The van der Waals surface area contributed by atoms with Crippen molar-refractivity contribution in [3.05, 3.63) is 36.2 Å². The first-order chi connectivity index (χ1) is 11.5. The van der Waals surface area contributed by atoms with Crippen molar-refractivity contribution < 1.29 is 9.21 Å². The van der Waals surface area contributed by atoms with Gasteiger partial charge in [0.1, 0.15) is 17.1 Å². The fourth-order valence-electron chi connectivity index (χ4n) is 2.88. The van der Waals surface area contributed by atoms with Crippen LogP contribution in [0.1, 0.15) is 10.4 Å². The molecule has 0 spiro atoms. The smallest absolute Gasteiger partial charge is 0.254 e. The summed E-state index contributed by atoms with van der Waals surface area (Å²) in [5.74, 6) is 0.734. The molecular weight excluding hydrogens is 308 g/mol. The van der Waals surface area contributed by atoms with E-state index < -0.39 is 5.91 Å². The Morgan fingerprint density at radius 2 is 2.17 bits per heavy atom. The standard InChI is InChI=1S/C16H18N6O2/c1-20(2)10-8-21(9-10)12-5-6-22-16(18-12)13(15(17)23)14(19-22)11-4-3-7-24-11/h3-7,10H,8-9H2,1-2H3,(H2,17,23). The third kappa shape index (κ3) is 2.23. The van der Waals surface area contributed by atoms with Crippen LogP contribution in [0.5, 0.6) is 0 Å². The van der Waals surface area contributed by atoms with Gasteiger partial charge in [-0.05, 0) is 32.3 Å². The Hall–Kier alpha value is -2.87. The van der Waals surface area contributed by atoms with Crippen molar-refractivity contribution in [1.29, 1.82) is 0 Å². The van der Waals surface area contributed by atoms with Gasteiger partial charge >= 0.3 is 0 Å². The van der Waals surface area contributed by atoms with Crippen LogP contribution in [-0.2, 0) is 0 Å². The van der Waals surface area contributed by atoms with Crippen molar-refractivity contribution in [2.24, 2.45) is 5.73 Å². The second-order valence-electron chi connectivity index (χ2n) is 6.14. The third-order valence-electron chi connectivity index (χ3n) is 4.39. The zero-order chi connectivity index (χ0) is 16.8. The van der Waals surface area contributed by atoms with E-state index in [0.29, 0.717) is 23.1 Å². The number of fused-ring (bicyclic) bond motifs is 1. The van der Waals surface area contributed by atoms with E-state index in [1.807, 2.05) is 6.07 Å². The predicted octanol–water partition coefficient (Wildman–Crippen LogP) is 0.838. The molecule has 0 saturated carbocycles. The lowest BCUT2D eigenvalue weighted by atomic mass is 10.1. The Bertz CT molecular complexity index is 893. The van der Waals surface area contributed by atoms with E-state index in [2.05, 4.69) is 34.0 Å². The van der Waals surface area contributed by atoms with Gasteiger partial charge in [0.05, 0.1) is 6.26 Å². The summed E-state index contributed by atoms with van der Waals surface area (Å²) in [6.07, 6.45) is 3.32. The molecule has 1 fully saturated rings. The second-order valence-corrected chi connectivity index (χ2v) is 6.14. The van der Waals surface area contributed by atoms with Gasteiger partial charge in [0.15, 0.2) is 11.4 Å². The highest BCUT2D eigenvalue weighted by Crippen LogP contribution is 2.28. The number of aromatic nitrogens is 3.